The average molecular weight is 421 g/mol. The Kier molecular flexibility index (Phi) is 4.89. The summed E-state index contributed by atoms with van der Waals surface area (Å²) in [5.74, 6) is -1.04. The first kappa shape index (κ1) is 19.8. The summed E-state index contributed by atoms with van der Waals surface area (Å²) >= 11 is 0. The van der Waals surface area contributed by atoms with Gasteiger partial charge in [-0.15, -0.1) is 0 Å². The van der Waals surface area contributed by atoms with E-state index in [4.69, 9.17) is 5.73 Å². The van der Waals surface area contributed by atoms with E-state index in [1.807, 2.05) is 30.3 Å². The third kappa shape index (κ3) is 3.36. The molecule has 152 valence electrons. The number of rotatable bonds is 5. The zero-order valence-electron chi connectivity index (χ0n) is 15.7. The van der Waals surface area contributed by atoms with Gasteiger partial charge in [0.15, 0.2) is 11.6 Å². The molecule has 4 rings (SSSR count). The summed E-state index contributed by atoms with van der Waals surface area (Å²) < 4.78 is 35.3. The highest BCUT2D eigenvalue weighted by Crippen LogP contribution is 2.39. The van der Waals surface area contributed by atoms with Crippen molar-refractivity contribution in [1.29, 1.82) is 0 Å². The highest BCUT2D eigenvalue weighted by atomic mass is 32.2. The summed E-state index contributed by atoms with van der Waals surface area (Å²) in [7, 11) is -4.96. The molecule has 3 aromatic rings. The topological polar surface area (TPSA) is 129 Å². The lowest BCUT2D eigenvalue weighted by molar-refractivity contribution is 0.0980. The van der Waals surface area contributed by atoms with Crippen molar-refractivity contribution in [3.8, 4) is 0 Å². The number of hydrogen-bond donors (Lipinski definition) is 2. The molecule has 7 nitrogen and oxygen atoms in total. The van der Waals surface area contributed by atoms with E-state index in [0.29, 0.717) is 13.0 Å². The van der Waals surface area contributed by atoms with Gasteiger partial charge in [0.2, 0.25) is 0 Å². The fraction of sp³-hybridized carbons (Fsp3) is 0.0909. The Bertz CT molecular complexity index is 1280. The Hall–Kier alpha value is -3.49. The molecule has 1 aliphatic carbocycles. The minimum atomic E-state index is -4.96. The molecule has 0 spiro atoms. The van der Waals surface area contributed by atoms with E-state index in [9.17, 15) is 22.6 Å². The van der Waals surface area contributed by atoms with Gasteiger partial charge in [0.1, 0.15) is 10.1 Å². The molecule has 0 bridgehead atoms. The summed E-state index contributed by atoms with van der Waals surface area (Å²) in [6, 6.07) is 16.8. The van der Waals surface area contributed by atoms with Crippen LogP contribution in [0.15, 0.2) is 65.6 Å². The van der Waals surface area contributed by atoms with Gasteiger partial charge >= 0.3 is 0 Å². The average Bonchev–Trinajstić information content (AvgIpc) is 2.72. The first-order valence-corrected chi connectivity index (χ1v) is 10.6. The Labute approximate surface area is 173 Å². The first-order chi connectivity index (χ1) is 14.3. The number of carbonyl (C=O) groups excluding carboxylic acids is 2. The summed E-state index contributed by atoms with van der Waals surface area (Å²) in [6.07, 6.45) is 0.582. The fourth-order valence-electron chi connectivity index (χ4n) is 3.63. The Morgan fingerprint density at radius 2 is 1.43 bits per heavy atom. The van der Waals surface area contributed by atoms with Gasteiger partial charge in [-0.25, -0.2) is 8.42 Å². The van der Waals surface area contributed by atoms with Crippen LogP contribution in [0, 0.1) is 0 Å². The van der Waals surface area contributed by atoms with Crippen molar-refractivity contribution in [2.75, 3.05) is 17.6 Å². The molecule has 30 heavy (non-hydrogen) atoms. The zero-order chi connectivity index (χ0) is 21.5. The second kappa shape index (κ2) is 7.40. The molecule has 0 atom stereocenters. The minimum Gasteiger partial charge on any atom is -0.744 e. The standard InChI is InChI=1S/C22H18N2O5S/c23-20-17(30(27,28)29)12-16(24-11-10-13-6-2-1-3-7-13)18-19(20)22(26)15-9-5-4-8-14(15)21(18)25/h1-9,12,24H,10-11,23H2,(H,27,28,29)/p-1. The molecular formula is C22H17N2O5S-. The van der Waals surface area contributed by atoms with Crippen molar-refractivity contribution in [2.45, 2.75) is 11.3 Å². The van der Waals surface area contributed by atoms with E-state index in [0.717, 1.165) is 11.6 Å². The molecule has 0 amide bonds. The molecule has 0 radical (unpaired) electrons. The number of benzene rings is 3. The molecular weight excluding hydrogens is 404 g/mol. The highest BCUT2D eigenvalue weighted by molar-refractivity contribution is 7.86. The van der Waals surface area contributed by atoms with Crippen LogP contribution in [-0.2, 0) is 16.5 Å². The van der Waals surface area contributed by atoms with Gasteiger partial charge in [0.05, 0.1) is 21.7 Å². The van der Waals surface area contributed by atoms with Gasteiger partial charge in [-0.05, 0) is 18.1 Å². The molecule has 8 heteroatoms. The quantitative estimate of drug-likeness (QED) is 0.374. The normalized spacial score (nSPS) is 13.0. The van der Waals surface area contributed by atoms with Crippen LogP contribution >= 0.6 is 0 Å². The van der Waals surface area contributed by atoms with Gasteiger partial charge in [-0.2, -0.15) is 0 Å². The number of carbonyl (C=O) groups is 2. The van der Waals surface area contributed by atoms with E-state index in [1.54, 1.807) is 12.1 Å². The van der Waals surface area contributed by atoms with Crippen LogP contribution < -0.4 is 11.1 Å². The molecule has 0 heterocycles. The van der Waals surface area contributed by atoms with Crippen LogP contribution in [-0.4, -0.2) is 31.1 Å². The van der Waals surface area contributed by atoms with Gasteiger partial charge in [-0.3, -0.25) is 9.59 Å². The molecule has 0 aromatic heterocycles. The molecule has 3 N–H and O–H groups in total. The maximum Gasteiger partial charge on any atom is 0.196 e. The van der Waals surface area contributed by atoms with Crippen LogP contribution in [0.3, 0.4) is 0 Å². The number of nitrogen functional groups attached to an aromatic ring is 1. The summed E-state index contributed by atoms with van der Waals surface area (Å²) in [5, 5.41) is 3.01. The second-order valence-electron chi connectivity index (χ2n) is 6.91. The third-order valence-corrected chi connectivity index (χ3v) is 5.92. The molecule has 0 saturated carbocycles. The van der Waals surface area contributed by atoms with Crippen molar-refractivity contribution in [2.24, 2.45) is 0 Å². The SMILES string of the molecule is Nc1c(S(=O)(=O)[O-])cc(NCCc2ccccc2)c2c1C(=O)c1ccccc1C2=O. The lowest BCUT2D eigenvalue weighted by atomic mass is 9.82. The fourth-order valence-corrected chi connectivity index (χ4v) is 4.26. The van der Waals surface area contributed by atoms with Crippen LogP contribution in [0.4, 0.5) is 11.4 Å². The van der Waals surface area contributed by atoms with E-state index in [1.165, 1.54) is 12.1 Å². The smallest absolute Gasteiger partial charge is 0.196 e. The predicted molar refractivity (Wildman–Crippen MR) is 111 cm³/mol. The number of hydrogen-bond acceptors (Lipinski definition) is 7. The summed E-state index contributed by atoms with van der Waals surface area (Å²) in [6.45, 7) is 0.349. The zero-order valence-corrected chi connectivity index (χ0v) is 16.5. The summed E-state index contributed by atoms with van der Waals surface area (Å²) in [4.78, 5) is 25.5. The molecule has 0 fully saturated rings. The van der Waals surface area contributed by atoms with Crippen molar-refractivity contribution in [3.05, 3.63) is 88.5 Å². The second-order valence-corrected chi connectivity index (χ2v) is 8.25. The first-order valence-electron chi connectivity index (χ1n) is 9.17. The van der Waals surface area contributed by atoms with E-state index >= 15 is 0 Å². The number of anilines is 2. The minimum absolute atomic E-state index is 0.0170. The monoisotopic (exact) mass is 421 g/mol. The molecule has 0 unspecified atom stereocenters. The van der Waals surface area contributed by atoms with Crippen LogP contribution in [0.2, 0.25) is 0 Å². The number of nitrogens with one attached hydrogen (secondary N) is 1. The van der Waals surface area contributed by atoms with Crippen LogP contribution in [0.5, 0.6) is 0 Å². The Morgan fingerprint density at radius 1 is 0.867 bits per heavy atom. The largest absolute Gasteiger partial charge is 0.744 e. The predicted octanol–water partition coefficient (Wildman–Crippen LogP) is 2.60. The molecule has 0 aliphatic heterocycles. The highest BCUT2D eigenvalue weighted by Gasteiger charge is 2.35. The van der Waals surface area contributed by atoms with Crippen LogP contribution in [0.1, 0.15) is 37.4 Å². The third-order valence-electron chi connectivity index (χ3n) is 5.04. The molecule has 0 saturated heterocycles. The Morgan fingerprint density at radius 3 is 2.03 bits per heavy atom. The maximum absolute atomic E-state index is 13.1. The van der Waals surface area contributed by atoms with Gasteiger partial charge in [0, 0.05) is 23.4 Å². The number of nitrogens with two attached hydrogens (primary N) is 1. The number of ketones is 2. The molecule has 3 aromatic carbocycles. The van der Waals surface area contributed by atoms with Crippen molar-refractivity contribution in [1.82, 2.24) is 0 Å². The van der Waals surface area contributed by atoms with Gasteiger partial charge < -0.3 is 15.6 Å². The van der Waals surface area contributed by atoms with E-state index < -0.39 is 32.3 Å². The van der Waals surface area contributed by atoms with E-state index in [2.05, 4.69) is 5.32 Å². The van der Waals surface area contributed by atoms with Crippen LogP contribution in [0.25, 0.3) is 0 Å². The van der Waals surface area contributed by atoms with Crippen molar-refractivity contribution < 1.29 is 22.6 Å². The summed E-state index contributed by atoms with van der Waals surface area (Å²) in [5.41, 5.74) is 6.59. The van der Waals surface area contributed by atoms with Crippen molar-refractivity contribution in [3.63, 3.8) is 0 Å². The lowest BCUT2D eigenvalue weighted by Crippen LogP contribution is -2.25. The lowest BCUT2D eigenvalue weighted by Gasteiger charge is -2.25. The van der Waals surface area contributed by atoms with Gasteiger partial charge in [0.25, 0.3) is 0 Å². The molecule has 1 aliphatic rings. The maximum atomic E-state index is 13.1. The van der Waals surface area contributed by atoms with Crippen molar-refractivity contribution >= 4 is 33.1 Å². The number of fused-ring (bicyclic) bond motifs is 2. The Balaban J connectivity index is 1.83. The van der Waals surface area contributed by atoms with E-state index in [-0.39, 0.29) is 27.9 Å². The van der Waals surface area contributed by atoms with Gasteiger partial charge in [-0.1, -0.05) is 54.6 Å².